The van der Waals surface area contributed by atoms with Crippen molar-refractivity contribution in [2.45, 2.75) is 33.0 Å². The Morgan fingerprint density at radius 1 is 0.895 bits per heavy atom. The molecule has 0 aromatic heterocycles. The van der Waals surface area contributed by atoms with Crippen LogP contribution in [-0.4, -0.2) is 25.3 Å². The van der Waals surface area contributed by atoms with Crippen LogP contribution in [0.15, 0.2) is 10.1 Å². The van der Waals surface area contributed by atoms with Crippen LogP contribution in [-0.2, 0) is 0 Å². The lowest BCUT2D eigenvalue weighted by molar-refractivity contribution is 0.0530. The molecule has 3 fully saturated rings. The first-order chi connectivity index (χ1) is 8.69. The highest BCUT2D eigenvalue weighted by Gasteiger charge is 2.86. The molecule has 0 unspecified atom stereocenters. The Bertz CT molecular complexity index is 518. The number of rotatable bonds is 0. The van der Waals surface area contributed by atoms with Crippen LogP contribution in [0.25, 0.3) is 0 Å². The maximum absolute atomic E-state index is 10.1. The zero-order chi connectivity index (χ0) is 14.0. The molecule has 4 aliphatic carbocycles. The van der Waals surface area contributed by atoms with Crippen molar-refractivity contribution < 1.29 is 5.11 Å². The maximum Gasteiger partial charge on any atom is 0.166 e. The summed E-state index contributed by atoms with van der Waals surface area (Å²) < 4.78 is -1.45. The zero-order valence-electron chi connectivity index (χ0n) is 9.52. The maximum atomic E-state index is 10.1. The number of aliphatic hydroxyl groups is 1. The van der Waals surface area contributed by atoms with E-state index in [9.17, 15) is 5.11 Å². The number of allylic oxidation sites excluding steroid dienone is 2. The van der Waals surface area contributed by atoms with E-state index in [0.717, 1.165) is 6.42 Å². The minimum Gasteiger partial charge on any atom is -0.393 e. The largest absolute Gasteiger partial charge is 0.393 e. The predicted molar refractivity (Wildman–Crippen MR) is 79.5 cm³/mol. The van der Waals surface area contributed by atoms with Gasteiger partial charge in [0.15, 0.2) is 4.33 Å². The van der Waals surface area contributed by atoms with Gasteiger partial charge in [0.05, 0.1) is 16.2 Å². The molecule has 0 aromatic carbocycles. The molecule has 1 N–H and O–H groups in total. The summed E-state index contributed by atoms with van der Waals surface area (Å²) in [4.78, 5) is -2.33. The summed E-state index contributed by atoms with van der Waals surface area (Å²) >= 11 is 39.2. The number of alkyl halides is 4. The molecule has 0 spiro atoms. The second kappa shape index (κ2) is 3.67. The number of aliphatic hydroxyl groups excluding tert-OH is 1. The standard InChI is InChI=1S/C12H10Cl6O/c13-8-9(14)11(16)7-4-1-3(2-5(4)19)6(7)10(8,15)12(11,17)18/h3-7,19H,1-2H2/t3-,4+,5-,6+,7+,10-,11-/m0/s1. The van der Waals surface area contributed by atoms with Crippen molar-refractivity contribution in [3.05, 3.63) is 10.1 Å². The molecule has 4 aliphatic rings. The minimum absolute atomic E-state index is 0.0231. The Labute approximate surface area is 141 Å². The molecule has 0 aliphatic heterocycles. The number of hydrogen-bond donors (Lipinski definition) is 1. The highest BCUT2D eigenvalue weighted by atomic mass is 35.5. The Morgan fingerprint density at radius 2 is 1.42 bits per heavy atom. The second-order valence-corrected chi connectivity index (χ2v) is 9.42. The van der Waals surface area contributed by atoms with E-state index in [2.05, 4.69) is 0 Å². The molecule has 1 nitrogen and oxygen atoms in total. The molecule has 7 heteroatoms. The normalized spacial score (nSPS) is 61.1. The molecule has 106 valence electrons. The van der Waals surface area contributed by atoms with Crippen molar-refractivity contribution >= 4 is 69.6 Å². The minimum atomic E-state index is -1.45. The molecule has 4 bridgehead atoms. The van der Waals surface area contributed by atoms with Crippen LogP contribution in [0.1, 0.15) is 12.8 Å². The van der Waals surface area contributed by atoms with Crippen LogP contribution in [0.4, 0.5) is 0 Å². The van der Waals surface area contributed by atoms with Gasteiger partial charge in [-0.25, -0.2) is 0 Å². The van der Waals surface area contributed by atoms with E-state index in [4.69, 9.17) is 69.6 Å². The molecule has 7 atom stereocenters. The van der Waals surface area contributed by atoms with Gasteiger partial charge >= 0.3 is 0 Å². The summed E-state index contributed by atoms with van der Waals surface area (Å²) in [7, 11) is 0. The molecule has 0 saturated heterocycles. The van der Waals surface area contributed by atoms with Crippen LogP contribution in [0.5, 0.6) is 0 Å². The highest BCUT2D eigenvalue weighted by molar-refractivity contribution is 6.65. The summed E-state index contributed by atoms with van der Waals surface area (Å²) in [5, 5.41) is 10.7. The van der Waals surface area contributed by atoms with Gasteiger partial charge in [0, 0.05) is 0 Å². The fourth-order valence-electron chi connectivity index (χ4n) is 5.01. The number of halogens is 6. The summed E-state index contributed by atoms with van der Waals surface area (Å²) in [5.74, 6) is 0.150. The van der Waals surface area contributed by atoms with Crippen molar-refractivity contribution in [2.75, 3.05) is 0 Å². The lowest BCUT2D eigenvalue weighted by Gasteiger charge is -2.41. The van der Waals surface area contributed by atoms with Gasteiger partial charge in [-0.15, -0.1) is 23.2 Å². The van der Waals surface area contributed by atoms with Gasteiger partial charge in [-0.1, -0.05) is 46.4 Å². The van der Waals surface area contributed by atoms with E-state index in [1.165, 1.54) is 0 Å². The molecule has 0 radical (unpaired) electrons. The van der Waals surface area contributed by atoms with E-state index in [1.54, 1.807) is 0 Å². The fraction of sp³-hybridized carbons (Fsp3) is 0.833. The molecule has 19 heavy (non-hydrogen) atoms. The van der Waals surface area contributed by atoms with Gasteiger partial charge in [-0.2, -0.15) is 0 Å². The second-order valence-electron chi connectivity index (χ2n) is 6.14. The Kier molecular flexibility index (Phi) is 2.72. The Balaban J connectivity index is 1.99. The average Bonchev–Trinajstić information content (AvgIpc) is 2.95. The van der Waals surface area contributed by atoms with Crippen molar-refractivity contribution in [1.29, 1.82) is 0 Å². The topological polar surface area (TPSA) is 20.2 Å². The monoisotopic (exact) mass is 380 g/mol. The van der Waals surface area contributed by atoms with Gasteiger partial charge in [0.25, 0.3) is 0 Å². The highest BCUT2D eigenvalue weighted by Crippen LogP contribution is 2.82. The van der Waals surface area contributed by atoms with Crippen molar-refractivity contribution in [3.8, 4) is 0 Å². The average molecular weight is 383 g/mol. The Morgan fingerprint density at radius 3 is 2.00 bits per heavy atom. The van der Waals surface area contributed by atoms with Gasteiger partial charge < -0.3 is 5.11 Å². The van der Waals surface area contributed by atoms with E-state index >= 15 is 0 Å². The molecule has 4 rings (SSSR count). The van der Waals surface area contributed by atoms with Crippen molar-refractivity contribution in [3.63, 3.8) is 0 Å². The predicted octanol–water partition coefficient (Wildman–Crippen LogP) is 4.47. The molecule has 0 aromatic rings. The van der Waals surface area contributed by atoms with Crippen LogP contribution in [0.2, 0.25) is 0 Å². The third kappa shape index (κ3) is 1.16. The SMILES string of the molecule is O[C@H]1C[C@@H]2C[C@H]1[C@@H]1[C@@H]2[C@]2(Cl)C(Cl)=C(Cl)[C@]1(Cl)C2(Cl)Cl. The molecule has 3 saturated carbocycles. The summed E-state index contributed by atoms with van der Waals surface area (Å²) in [5.41, 5.74) is 0. The van der Waals surface area contributed by atoms with E-state index in [0.29, 0.717) is 6.42 Å². The van der Waals surface area contributed by atoms with Crippen molar-refractivity contribution in [2.24, 2.45) is 23.7 Å². The van der Waals surface area contributed by atoms with Gasteiger partial charge in [0.1, 0.15) is 9.75 Å². The first-order valence-corrected chi connectivity index (χ1v) is 8.45. The fourth-order valence-corrected chi connectivity index (χ4v) is 8.16. The van der Waals surface area contributed by atoms with Gasteiger partial charge in [-0.05, 0) is 36.5 Å². The van der Waals surface area contributed by atoms with Gasteiger partial charge in [0.2, 0.25) is 0 Å². The molecule has 0 heterocycles. The quantitative estimate of drug-likeness (QED) is 0.484. The summed E-state index contributed by atoms with van der Waals surface area (Å²) in [6, 6.07) is 0. The van der Waals surface area contributed by atoms with Crippen LogP contribution in [0.3, 0.4) is 0 Å². The van der Waals surface area contributed by atoms with E-state index in [1.807, 2.05) is 0 Å². The Hall–Kier alpha value is 1.44. The lowest BCUT2D eigenvalue weighted by atomic mass is 9.71. The van der Waals surface area contributed by atoms with Crippen LogP contribution in [0, 0.1) is 23.7 Å². The molecular weight excluding hydrogens is 373 g/mol. The summed E-state index contributed by atoms with van der Waals surface area (Å²) in [6.07, 6.45) is 1.21. The third-order valence-electron chi connectivity index (χ3n) is 5.63. The lowest BCUT2D eigenvalue weighted by Crippen LogP contribution is -2.46. The molecule has 0 amide bonds. The number of fused-ring (bicyclic) bond motifs is 9. The van der Waals surface area contributed by atoms with E-state index in [-0.39, 0.29) is 39.8 Å². The number of hydrogen-bond acceptors (Lipinski definition) is 1. The first kappa shape index (κ1) is 14.1. The van der Waals surface area contributed by atoms with Gasteiger partial charge in [-0.3, -0.25) is 0 Å². The van der Waals surface area contributed by atoms with Crippen LogP contribution < -0.4 is 0 Å². The van der Waals surface area contributed by atoms with Crippen molar-refractivity contribution in [1.82, 2.24) is 0 Å². The third-order valence-corrected chi connectivity index (χ3v) is 9.93. The first-order valence-electron chi connectivity index (χ1n) is 6.19. The summed E-state index contributed by atoms with van der Waals surface area (Å²) in [6.45, 7) is 0. The van der Waals surface area contributed by atoms with Crippen LogP contribution >= 0.6 is 69.6 Å². The zero-order valence-corrected chi connectivity index (χ0v) is 14.1. The van der Waals surface area contributed by atoms with E-state index < -0.39 is 14.1 Å². The molecular formula is C12H10Cl6O. The smallest absolute Gasteiger partial charge is 0.166 e.